The number of benzene rings is 1. The van der Waals surface area contributed by atoms with E-state index in [1.54, 1.807) is 0 Å². The highest BCUT2D eigenvalue weighted by Crippen LogP contribution is 2.05. The van der Waals surface area contributed by atoms with Crippen LogP contribution in [0.5, 0.6) is 0 Å². The lowest BCUT2D eigenvalue weighted by Crippen LogP contribution is -2.43. The van der Waals surface area contributed by atoms with E-state index in [1.807, 2.05) is 30.3 Å². The van der Waals surface area contributed by atoms with Gasteiger partial charge < -0.3 is 10.6 Å². The Bertz CT molecular complexity index is 374. The number of carbonyl (C=O) groups is 1. The summed E-state index contributed by atoms with van der Waals surface area (Å²) < 4.78 is 0. The van der Waals surface area contributed by atoms with Crippen molar-refractivity contribution in [2.75, 3.05) is 18.4 Å². The monoisotopic (exact) mass is 343 g/mol. The molecule has 0 radical (unpaired) electrons. The topological polar surface area (TPSA) is 44.4 Å². The minimum absolute atomic E-state index is 0. The molecule has 0 aliphatic heterocycles. The fraction of sp³-hybridized carbons (Fsp3) is 0.533. The van der Waals surface area contributed by atoms with Crippen LogP contribution >= 0.6 is 17.0 Å². The lowest BCUT2D eigenvalue weighted by molar-refractivity contribution is 0.176. The number of nitrogens with one attached hydrogen (secondary N) is 2. The first-order valence-corrected chi connectivity index (χ1v) is 6.86. The van der Waals surface area contributed by atoms with Gasteiger partial charge in [-0.25, -0.2) is 4.79 Å². The summed E-state index contributed by atoms with van der Waals surface area (Å²) in [6.07, 6.45) is 0. The summed E-state index contributed by atoms with van der Waals surface area (Å²) in [5.41, 5.74) is 0.810. The molecule has 0 aliphatic carbocycles. The number of nitrogens with zero attached hydrogens (tertiary/aromatic N) is 1. The first kappa shape index (κ1) is 18.9. The van der Waals surface area contributed by atoms with Crippen molar-refractivity contribution in [3.05, 3.63) is 30.3 Å². The van der Waals surface area contributed by atoms with E-state index in [9.17, 15) is 4.79 Å². The van der Waals surface area contributed by atoms with Gasteiger partial charge in [0.05, 0.1) is 0 Å². The van der Waals surface area contributed by atoms with E-state index in [-0.39, 0.29) is 23.0 Å². The van der Waals surface area contributed by atoms with Crippen LogP contribution < -0.4 is 10.6 Å². The van der Waals surface area contributed by atoms with Crippen molar-refractivity contribution < 1.29 is 4.79 Å². The molecule has 1 aromatic rings. The summed E-state index contributed by atoms with van der Waals surface area (Å²) in [5.74, 6) is 0. The van der Waals surface area contributed by atoms with Crippen LogP contribution in [-0.4, -0.2) is 36.1 Å². The fourth-order valence-corrected chi connectivity index (χ4v) is 2.11. The van der Waals surface area contributed by atoms with Gasteiger partial charge in [0, 0.05) is 30.9 Å². The summed E-state index contributed by atoms with van der Waals surface area (Å²) in [6, 6.07) is 10.3. The van der Waals surface area contributed by atoms with Gasteiger partial charge in [0.15, 0.2) is 0 Å². The van der Waals surface area contributed by atoms with Crippen molar-refractivity contribution in [2.24, 2.45) is 0 Å². The molecule has 1 aromatic carbocycles. The lowest BCUT2D eigenvalue weighted by Gasteiger charge is -2.30. The lowest BCUT2D eigenvalue weighted by atomic mass is 10.2. The molecule has 0 saturated carbocycles. The number of rotatable bonds is 6. The number of amides is 2. The second kappa shape index (κ2) is 9.77. The van der Waals surface area contributed by atoms with Gasteiger partial charge in [0.2, 0.25) is 0 Å². The van der Waals surface area contributed by atoms with Gasteiger partial charge in [-0.1, -0.05) is 18.2 Å². The molecule has 0 heterocycles. The van der Waals surface area contributed by atoms with Crippen molar-refractivity contribution in [1.29, 1.82) is 0 Å². The molecule has 0 fully saturated rings. The van der Waals surface area contributed by atoms with Crippen molar-refractivity contribution in [3.8, 4) is 0 Å². The SMILES string of the molecule is Br.CC(C)N(CCNC(=O)Nc1ccccc1)C(C)C. The highest BCUT2D eigenvalue weighted by atomic mass is 79.9. The number of hydrogen-bond acceptors (Lipinski definition) is 2. The second-order valence-electron chi connectivity index (χ2n) is 5.17. The largest absolute Gasteiger partial charge is 0.337 e. The molecule has 0 saturated heterocycles. The average Bonchev–Trinajstić information content (AvgIpc) is 2.34. The third-order valence-electron chi connectivity index (χ3n) is 3.01. The molecular formula is C15H26BrN3O. The highest BCUT2D eigenvalue weighted by Gasteiger charge is 2.12. The summed E-state index contributed by atoms with van der Waals surface area (Å²) in [6.45, 7) is 10.2. The van der Waals surface area contributed by atoms with Crippen LogP contribution in [0.2, 0.25) is 0 Å². The zero-order chi connectivity index (χ0) is 14.3. The van der Waals surface area contributed by atoms with E-state index in [4.69, 9.17) is 0 Å². The Morgan fingerprint density at radius 1 is 1.10 bits per heavy atom. The molecule has 2 amide bonds. The van der Waals surface area contributed by atoms with Gasteiger partial charge in [0.25, 0.3) is 0 Å². The molecule has 0 bridgehead atoms. The third kappa shape index (κ3) is 6.91. The van der Waals surface area contributed by atoms with Crippen LogP contribution in [0.15, 0.2) is 30.3 Å². The van der Waals surface area contributed by atoms with E-state index in [2.05, 4.69) is 43.2 Å². The second-order valence-corrected chi connectivity index (χ2v) is 5.17. The molecule has 20 heavy (non-hydrogen) atoms. The molecule has 0 aliphatic rings. The number of urea groups is 1. The van der Waals surface area contributed by atoms with Gasteiger partial charge in [-0.15, -0.1) is 17.0 Å². The number of halogens is 1. The van der Waals surface area contributed by atoms with E-state index in [0.29, 0.717) is 18.6 Å². The van der Waals surface area contributed by atoms with Gasteiger partial charge in [-0.3, -0.25) is 4.90 Å². The van der Waals surface area contributed by atoms with Crippen molar-refractivity contribution in [1.82, 2.24) is 10.2 Å². The predicted molar refractivity (Wildman–Crippen MR) is 90.8 cm³/mol. The van der Waals surface area contributed by atoms with Crippen LogP contribution in [0.1, 0.15) is 27.7 Å². The summed E-state index contributed by atoms with van der Waals surface area (Å²) in [7, 11) is 0. The van der Waals surface area contributed by atoms with Crippen LogP contribution in [0.4, 0.5) is 10.5 Å². The maximum Gasteiger partial charge on any atom is 0.319 e. The Morgan fingerprint density at radius 2 is 1.65 bits per heavy atom. The predicted octanol–water partition coefficient (Wildman–Crippen LogP) is 3.50. The average molecular weight is 344 g/mol. The van der Waals surface area contributed by atoms with Crippen molar-refractivity contribution >= 4 is 28.7 Å². The minimum Gasteiger partial charge on any atom is -0.337 e. The Morgan fingerprint density at radius 3 is 2.15 bits per heavy atom. The summed E-state index contributed by atoms with van der Waals surface area (Å²) in [4.78, 5) is 14.0. The molecule has 0 spiro atoms. The number of anilines is 1. The standard InChI is InChI=1S/C15H25N3O.BrH/c1-12(2)18(13(3)4)11-10-16-15(19)17-14-8-6-5-7-9-14;/h5-9,12-13H,10-11H2,1-4H3,(H2,16,17,19);1H. The zero-order valence-corrected chi connectivity index (χ0v) is 14.4. The molecule has 0 unspecified atom stereocenters. The van der Waals surface area contributed by atoms with Gasteiger partial charge in [0.1, 0.15) is 0 Å². The van der Waals surface area contributed by atoms with E-state index in [1.165, 1.54) is 0 Å². The smallest absolute Gasteiger partial charge is 0.319 e. The van der Waals surface area contributed by atoms with Gasteiger partial charge in [-0.05, 0) is 39.8 Å². The van der Waals surface area contributed by atoms with Crippen molar-refractivity contribution in [2.45, 2.75) is 39.8 Å². The molecular weight excluding hydrogens is 318 g/mol. The summed E-state index contributed by atoms with van der Waals surface area (Å²) >= 11 is 0. The quantitative estimate of drug-likeness (QED) is 0.830. The zero-order valence-electron chi connectivity index (χ0n) is 12.7. The number of hydrogen-bond donors (Lipinski definition) is 2. The van der Waals surface area contributed by atoms with Crippen molar-refractivity contribution in [3.63, 3.8) is 0 Å². The highest BCUT2D eigenvalue weighted by molar-refractivity contribution is 8.93. The third-order valence-corrected chi connectivity index (χ3v) is 3.01. The Hall–Kier alpha value is -1.07. The Labute approximate surface area is 132 Å². The van der Waals surface area contributed by atoms with E-state index in [0.717, 1.165) is 12.2 Å². The fourth-order valence-electron chi connectivity index (χ4n) is 2.11. The normalized spacial score (nSPS) is 10.6. The number of para-hydroxylation sites is 1. The molecule has 0 atom stereocenters. The van der Waals surface area contributed by atoms with E-state index < -0.39 is 0 Å². The van der Waals surface area contributed by atoms with Crippen LogP contribution in [0.3, 0.4) is 0 Å². The Balaban J connectivity index is 0.00000361. The van der Waals surface area contributed by atoms with Crippen LogP contribution in [0, 0.1) is 0 Å². The molecule has 5 heteroatoms. The van der Waals surface area contributed by atoms with Gasteiger partial charge >= 0.3 is 6.03 Å². The van der Waals surface area contributed by atoms with Gasteiger partial charge in [-0.2, -0.15) is 0 Å². The van der Waals surface area contributed by atoms with E-state index >= 15 is 0 Å². The molecule has 114 valence electrons. The van der Waals surface area contributed by atoms with Crippen LogP contribution in [0.25, 0.3) is 0 Å². The number of carbonyl (C=O) groups excluding carboxylic acids is 1. The molecule has 0 aromatic heterocycles. The summed E-state index contributed by atoms with van der Waals surface area (Å²) in [5, 5.41) is 5.69. The first-order chi connectivity index (χ1) is 9.00. The Kier molecular flexibility index (Phi) is 9.25. The molecule has 4 nitrogen and oxygen atoms in total. The maximum absolute atomic E-state index is 11.7. The maximum atomic E-state index is 11.7. The minimum atomic E-state index is -0.154. The first-order valence-electron chi connectivity index (χ1n) is 6.86. The molecule has 2 N–H and O–H groups in total. The van der Waals surface area contributed by atoms with Crippen LogP contribution in [-0.2, 0) is 0 Å². The molecule has 1 rings (SSSR count).